The van der Waals surface area contributed by atoms with Crippen molar-refractivity contribution in [2.24, 2.45) is 16.9 Å². The molecule has 1 rings (SSSR count). The van der Waals surface area contributed by atoms with Crippen LogP contribution < -0.4 is 16.2 Å². The summed E-state index contributed by atoms with van der Waals surface area (Å²) >= 11 is 0. The Kier molecular flexibility index (Phi) is 7.82. The van der Waals surface area contributed by atoms with Gasteiger partial charge in [0, 0.05) is 12.6 Å². The lowest BCUT2D eigenvalue weighted by molar-refractivity contribution is 0.0536. The Bertz CT molecular complexity index is 420. The van der Waals surface area contributed by atoms with E-state index >= 15 is 0 Å². The first-order valence-corrected chi connectivity index (χ1v) is 7.82. The van der Waals surface area contributed by atoms with E-state index in [0.29, 0.717) is 12.3 Å². The standard InChI is InChI=1S/C17H30N2O3/c1-17(2,9-14(19)10-18)8-7-13-3-5-16(6-4-13)22-12-15(21)11-20/h3-6,14-15,20-21H,7-12,18-19H2,1-2H3/t14-,15-/m0/s1. The lowest BCUT2D eigenvalue weighted by Gasteiger charge is -2.27. The average Bonchev–Trinajstić information content (AvgIpc) is 2.51. The second-order valence-electron chi connectivity index (χ2n) is 6.66. The van der Waals surface area contributed by atoms with E-state index in [1.54, 1.807) is 0 Å². The molecule has 1 aromatic rings. The van der Waals surface area contributed by atoms with E-state index in [9.17, 15) is 5.11 Å². The molecule has 126 valence electrons. The third kappa shape index (κ3) is 7.22. The molecule has 0 amide bonds. The fourth-order valence-corrected chi connectivity index (χ4v) is 2.38. The number of rotatable bonds is 10. The van der Waals surface area contributed by atoms with Crippen molar-refractivity contribution in [1.82, 2.24) is 0 Å². The third-order valence-electron chi connectivity index (χ3n) is 3.78. The molecular formula is C17H30N2O3. The minimum Gasteiger partial charge on any atom is -0.491 e. The molecule has 0 unspecified atom stereocenters. The van der Waals surface area contributed by atoms with E-state index in [1.807, 2.05) is 24.3 Å². The summed E-state index contributed by atoms with van der Waals surface area (Å²) in [6, 6.07) is 7.89. The number of hydrogen-bond acceptors (Lipinski definition) is 5. The van der Waals surface area contributed by atoms with E-state index in [2.05, 4.69) is 13.8 Å². The molecule has 0 aliphatic heterocycles. The van der Waals surface area contributed by atoms with Gasteiger partial charge in [-0.15, -0.1) is 0 Å². The van der Waals surface area contributed by atoms with Crippen LogP contribution in [0.4, 0.5) is 0 Å². The van der Waals surface area contributed by atoms with Gasteiger partial charge in [-0.2, -0.15) is 0 Å². The normalized spacial score (nSPS) is 14.6. The Hall–Kier alpha value is -1.14. The molecule has 5 nitrogen and oxygen atoms in total. The van der Waals surface area contributed by atoms with Gasteiger partial charge in [-0.3, -0.25) is 0 Å². The maximum atomic E-state index is 9.25. The van der Waals surface area contributed by atoms with Crippen molar-refractivity contribution < 1.29 is 14.9 Å². The minimum absolute atomic E-state index is 0.0590. The highest BCUT2D eigenvalue weighted by Gasteiger charge is 2.20. The molecule has 22 heavy (non-hydrogen) atoms. The van der Waals surface area contributed by atoms with Crippen molar-refractivity contribution in [3.8, 4) is 5.75 Å². The van der Waals surface area contributed by atoms with Crippen LogP contribution in [0.15, 0.2) is 24.3 Å². The van der Waals surface area contributed by atoms with Gasteiger partial charge in [0.1, 0.15) is 18.5 Å². The van der Waals surface area contributed by atoms with Gasteiger partial charge in [-0.05, 0) is 42.4 Å². The van der Waals surface area contributed by atoms with E-state index < -0.39 is 6.10 Å². The lowest BCUT2D eigenvalue weighted by atomic mass is 9.80. The summed E-state index contributed by atoms with van der Waals surface area (Å²) in [7, 11) is 0. The highest BCUT2D eigenvalue weighted by atomic mass is 16.5. The Balaban J connectivity index is 2.44. The van der Waals surface area contributed by atoms with E-state index in [0.717, 1.165) is 19.3 Å². The molecule has 0 spiro atoms. The molecule has 0 aliphatic rings. The van der Waals surface area contributed by atoms with Gasteiger partial charge in [-0.25, -0.2) is 0 Å². The second kappa shape index (κ2) is 9.10. The van der Waals surface area contributed by atoms with Gasteiger partial charge < -0.3 is 26.4 Å². The fraction of sp³-hybridized carbons (Fsp3) is 0.647. The van der Waals surface area contributed by atoms with Crippen LogP contribution in [0.5, 0.6) is 5.75 Å². The van der Waals surface area contributed by atoms with Crippen LogP contribution in [0.2, 0.25) is 0 Å². The average molecular weight is 310 g/mol. The molecule has 0 radical (unpaired) electrons. The molecule has 0 saturated carbocycles. The summed E-state index contributed by atoms with van der Waals surface area (Å²) < 4.78 is 5.39. The van der Waals surface area contributed by atoms with Crippen LogP contribution in [0.25, 0.3) is 0 Å². The van der Waals surface area contributed by atoms with Gasteiger partial charge in [0.25, 0.3) is 0 Å². The minimum atomic E-state index is -0.841. The second-order valence-corrected chi connectivity index (χ2v) is 6.66. The Morgan fingerprint density at radius 2 is 1.86 bits per heavy atom. The molecule has 1 aromatic carbocycles. The number of aliphatic hydroxyl groups is 2. The van der Waals surface area contributed by atoms with Crippen molar-refractivity contribution >= 4 is 0 Å². The Morgan fingerprint density at radius 3 is 2.41 bits per heavy atom. The Morgan fingerprint density at radius 1 is 1.23 bits per heavy atom. The van der Waals surface area contributed by atoms with Gasteiger partial charge in [0.2, 0.25) is 0 Å². The van der Waals surface area contributed by atoms with Gasteiger partial charge >= 0.3 is 0 Å². The highest BCUT2D eigenvalue weighted by molar-refractivity contribution is 5.27. The predicted molar refractivity (Wildman–Crippen MR) is 88.8 cm³/mol. The molecule has 0 aliphatic carbocycles. The summed E-state index contributed by atoms with van der Waals surface area (Å²) in [6.07, 6.45) is 2.10. The molecule has 6 N–H and O–H groups in total. The summed E-state index contributed by atoms with van der Waals surface area (Å²) in [5.41, 5.74) is 12.9. The van der Waals surface area contributed by atoms with Crippen LogP contribution in [0.1, 0.15) is 32.3 Å². The zero-order chi connectivity index (χ0) is 16.6. The first-order chi connectivity index (χ1) is 10.4. The topological polar surface area (TPSA) is 102 Å². The number of aliphatic hydroxyl groups excluding tert-OH is 2. The predicted octanol–water partition coefficient (Wildman–Crippen LogP) is 1.05. The monoisotopic (exact) mass is 310 g/mol. The maximum absolute atomic E-state index is 9.25. The fourth-order valence-electron chi connectivity index (χ4n) is 2.38. The first kappa shape index (κ1) is 18.9. The summed E-state index contributed by atoms with van der Waals surface area (Å²) in [5, 5.41) is 18.0. The van der Waals surface area contributed by atoms with Crippen molar-refractivity contribution in [2.75, 3.05) is 19.8 Å². The maximum Gasteiger partial charge on any atom is 0.119 e. The summed E-state index contributed by atoms with van der Waals surface area (Å²) in [6.45, 7) is 4.76. The van der Waals surface area contributed by atoms with Crippen LogP contribution in [0, 0.1) is 5.41 Å². The molecule has 0 saturated heterocycles. The van der Waals surface area contributed by atoms with Crippen molar-refractivity contribution in [2.45, 2.75) is 45.3 Å². The summed E-state index contributed by atoms with van der Waals surface area (Å²) in [5.74, 6) is 0.695. The van der Waals surface area contributed by atoms with Crippen molar-refractivity contribution in [3.63, 3.8) is 0 Å². The number of benzene rings is 1. The van der Waals surface area contributed by atoms with Crippen LogP contribution >= 0.6 is 0 Å². The molecule has 0 bridgehead atoms. The van der Waals surface area contributed by atoms with Crippen molar-refractivity contribution in [3.05, 3.63) is 29.8 Å². The number of ether oxygens (including phenoxy) is 1. The molecule has 5 heteroatoms. The Labute approximate surface area is 133 Å². The molecule has 0 aromatic heterocycles. The number of nitrogens with two attached hydrogens (primary N) is 2. The molecular weight excluding hydrogens is 280 g/mol. The molecule has 0 fully saturated rings. The van der Waals surface area contributed by atoms with Gasteiger partial charge in [0.05, 0.1) is 6.61 Å². The smallest absolute Gasteiger partial charge is 0.119 e. The van der Waals surface area contributed by atoms with Gasteiger partial charge in [-0.1, -0.05) is 26.0 Å². The van der Waals surface area contributed by atoms with Crippen molar-refractivity contribution in [1.29, 1.82) is 0 Å². The van der Waals surface area contributed by atoms with Crippen LogP contribution in [0.3, 0.4) is 0 Å². The zero-order valence-corrected chi connectivity index (χ0v) is 13.7. The largest absolute Gasteiger partial charge is 0.491 e. The van der Waals surface area contributed by atoms with E-state index in [-0.39, 0.29) is 24.7 Å². The van der Waals surface area contributed by atoms with E-state index in [1.165, 1.54) is 5.56 Å². The third-order valence-corrected chi connectivity index (χ3v) is 3.78. The lowest BCUT2D eigenvalue weighted by Crippen LogP contribution is -2.34. The first-order valence-electron chi connectivity index (χ1n) is 7.82. The number of aryl methyl sites for hydroxylation is 1. The SMILES string of the molecule is CC(C)(CCc1ccc(OC[C@@H](O)CO)cc1)C[C@H](N)CN. The molecule has 2 atom stereocenters. The number of hydrogen-bond donors (Lipinski definition) is 4. The zero-order valence-electron chi connectivity index (χ0n) is 13.7. The van der Waals surface area contributed by atoms with Gasteiger partial charge in [0.15, 0.2) is 0 Å². The van der Waals surface area contributed by atoms with Crippen LogP contribution in [-0.4, -0.2) is 42.1 Å². The summed E-state index contributed by atoms with van der Waals surface area (Å²) in [4.78, 5) is 0. The molecule has 0 heterocycles. The highest BCUT2D eigenvalue weighted by Crippen LogP contribution is 2.28. The van der Waals surface area contributed by atoms with Crippen LogP contribution in [-0.2, 0) is 6.42 Å². The quantitative estimate of drug-likeness (QED) is 0.517. The van der Waals surface area contributed by atoms with E-state index in [4.69, 9.17) is 21.3 Å².